The zero-order chi connectivity index (χ0) is 8.55. The molecule has 4 heteroatoms. The number of nitrogens with two attached hydrogens (primary N) is 1. The Morgan fingerprint density at radius 1 is 1.67 bits per heavy atom. The minimum Gasteiger partial charge on any atom is -0.350 e. The van der Waals surface area contributed by atoms with Gasteiger partial charge in [0.15, 0.2) is 0 Å². The second-order valence-electron chi connectivity index (χ2n) is 2.94. The van der Waals surface area contributed by atoms with E-state index in [0.29, 0.717) is 0 Å². The number of nitrogens with zero attached hydrogens (tertiary/aromatic N) is 1. The number of carbonyl (C=O) groups is 1. The molecule has 1 aliphatic carbocycles. The lowest BCUT2D eigenvalue weighted by atomic mass is 10.0. The molecule has 64 valence electrons. The van der Waals surface area contributed by atoms with Crippen molar-refractivity contribution in [2.75, 3.05) is 6.54 Å². The summed E-state index contributed by atoms with van der Waals surface area (Å²) < 4.78 is 0. The molecule has 2 rings (SSSR count). The van der Waals surface area contributed by atoms with E-state index in [1.807, 2.05) is 6.08 Å². The molecule has 4 nitrogen and oxygen atoms in total. The maximum absolute atomic E-state index is 10.9. The first-order valence-electron chi connectivity index (χ1n) is 4.00. The van der Waals surface area contributed by atoms with E-state index in [-0.39, 0.29) is 0 Å². The average molecular weight is 165 g/mol. The fourth-order valence-electron chi connectivity index (χ4n) is 1.57. The highest BCUT2D eigenvalue weighted by molar-refractivity contribution is 5.75. The molecule has 0 spiro atoms. The first-order valence-corrected chi connectivity index (χ1v) is 4.00. The van der Waals surface area contributed by atoms with E-state index in [1.54, 1.807) is 0 Å². The van der Waals surface area contributed by atoms with Crippen LogP contribution in [0.3, 0.4) is 0 Å². The number of amides is 2. The van der Waals surface area contributed by atoms with Crippen LogP contribution in [0.25, 0.3) is 0 Å². The number of nitrogens with one attached hydrogen (secondary N) is 1. The van der Waals surface area contributed by atoms with Gasteiger partial charge in [-0.2, -0.15) is 0 Å². The molecule has 0 unspecified atom stereocenters. The third-order valence-corrected chi connectivity index (χ3v) is 2.16. The van der Waals surface area contributed by atoms with Gasteiger partial charge in [0.05, 0.1) is 5.70 Å². The number of rotatable bonds is 0. The Hall–Kier alpha value is -1.29. The number of urea groups is 1. The van der Waals surface area contributed by atoms with Crippen LogP contribution in [0.4, 0.5) is 4.79 Å². The topological polar surface area (TPSA) is 58.4 Å². The minimum atomic E-state index is -0.438. The van der Waals surface area contributed by atoms with Crippen LogP contribution in [0.5, 0.6) is 0 Å². The van der Waals surface area contributed by atoms with Crippen molar-refractivity contribution in [3.63, 3.8) is 0 Å². The third-order valence-electron chi connectivity index (χ3n) is 2.16. The lowest BCUT2D eigenvalue weighted by molar-refractivity contribution is 0.210. The molecule has 12 heavy (non-hydrogen) atoms. The summed E-state index contributed by atoms with van der Waals surface area (Å²) >= 11 is 0. The molecule has 1 heterocycles. The van der Waals surface area contributed by atoms with Crippen molar-refractivity contribution in [1.29, 1.82) is 0 Å². The second-order valence-corrected chi connectivity index (χ2v) is 2.94. The van der Waals surface area contributed by atoms with E-state index < -0.39 is 6.03 Å². The molecular weight excluding hydrogens is 154 g/mol. The van der Waals surface area contributed by atoms with E-state index in [1.165, 1.54) is 10.6 Å². The van der Waals surface area contributed by atoms with Gasteiger partial charge in [-0.15, -0.1) is 0 Å². The Kier molecular flexibility index (Phi) is 1.62. The van der Waals surface area contributed by atoms with Crippen molar-refractivity contribution < 1.29 is 4.79 Å². The number of hydrazine groups is 1. The van der Waals surface area contributed by atoms with Gasteiger partial charge < -0.3 is 5.73 Å². The molecule has 0 saturated heterocycles. The maximum atomic E-state index is 10.9. The summed E-state index contributed by atoms with van der Waals surface area (Å²) in [5.41, 5.74) is 10.3. The zero-order valence-electron chi connectivity index (χ0n) is 6.71. The molecule has 1 aliphatic heterocycles. The normalized spacial score (nSPS) is 21.5. The van der Waals surface area contributed by atoms with E-state index in [2.05, 4.69) is 11.5 Å². The average Bonchev–Trinajstić information content (AvgIpc) is 2.47. The number of carbonyl (C=O) groups excluding carboxylic acids is 1. The summed E-state index contributed by atoms with van der Waals surface area (Å²) in [5, 5.41) is 1.41. The van der Waals surface area contributed by atoms with Crippen LogP contribution in [-0.4, -0.2) is 17.6 Å². The van der Waals surface area contributed by atoms with Gasteiger partial charge in [0, 0.05) is 6.54 Å². The minimum absolute atomic E-state index is 0.438. The van der Waals surface area contributed by atoms with Crippen molar-refractivity contribution in [2.24, 2.45) is 5.73 Å². The third kappa shape index (κ3) is 1.00. The number of hydrogen-bond acceptors (Lipinski definition) is 2. The van der Waals surface area contributed by atoms with Crippen molar-refractivity contribution in [2.45, 2.75) is 12.8 Å². The van der Waals surface area contributed by atoms with E-state index >= 15 is 0 Å². The van der Waals surface area contributed by atoms with E-state index in [0.717, 1.165) is 25.1 Å². The van der Waals surface area contributed by atoms with Gasteiger partial charge in [-0.1, -0.05) is 6.08 Å². The Bertz CT molecular complexity index is 280. The van der Waals surface area contributed by atoms with Gasteiger partial charge in [-0.25, -0.2) is 15.2 Å². The van der Waals surface area contributed by atoms with Gasteiger partial charge >= 0.3 is 6.03 Å². The van der Waals surface area contributed by atoms with Crippen LogP contribution in [0, 0.1) is 0 Å². The van der Waals surface area contributed by atoms with E-state index in [4.69, 9.17) is 5.73 Å². The SMILES string of the molecule is NC(=O)N1NCC2=C1C=CCC2. The van der Waals surface area contributed by atoms with Gasteiger partial charge in [0.2, 0.25) is 0 Å². The Morgan fingerprint density at radius 2 is 2.50 bits per heavy atom. The Morgan fingerprint density at radius 3 is 3.25 bits per heavy atom. The quantitative estimate of drug-likeness (QED) is 0.548. The smallest absolute Gasteiger partial charge is 0.333 e. The Labute approximate surface area is 70.7 Å². The lowest BCUT2D eigenvalue weighted by Gasteiger charge is -2.16. The van der Waals surface area contributed by atoms with Gasteiger partial charge in [-0.05, 0) is 24.5 Å². The van der Waals surface area contributed by atoms with Gasteiger partial charge in [0.25, 0.3) is 0 Å². The van der Waals surface area contributed by atoms with Crippen molar-refractivity contribution in [3.05, 3.63) is 23.4 Å². The summed E-state index contributed by atoms with van der Waals surface area (Å²) in [4.78, 5) is 10.9. The monoisotopic (exact) mass is 165 g/mol. The lowest BCUT2D eigenvalue weighted by Crippen LogP contribution is -2.40. The van der Waals surface area contributed by atoms with Crippen LogP contribution in [0.15, 0.2) is 23.4 Å². The van der Waals surface area contributed by atoms with Crippen LogP contribution in [-0.2, 0) is 0 Å². The fraction of sp³-hybridized carbons (Fsp3) is 0.375. The van der Waals surface area contributed by atoms with Crippen LogP contribution >= 0.6 is 0 Å². The molecule has 2 amide bonds. The predicted molar refractivity (Wildman–Crippen MR) is 44.8 cm³/mol. The van der Waals surface area contributed by atoms with Crippen molar-refractivity contribution in [1.82, 2.24) is 10.4 Å². The summed E-state index contributed by atoms with van der Waals surface area (Å²) in [6.45, 7) is 0.753. The predicted octanol–water partition coefficient (Wildman–Crippen LogP) is 0.489. The molecule has 2 aliphatic rings. The van der Waals surface area contributed by atoms with Gasteiger partial charge in [-0.3, -0.25) is 0 Å². The molecule has 0 radical (unpaired) electrons. The molecule has 0 atom stereocenters. The molecule has 0 saturated carbocycles. The molecule has 0 fully saturated rings. The molecule has 3 N–H and O–H groups in total. The standard InChI is InChI=1S/C8H11N3O/c9-8(12)11-7-4-2-1-3-6(7)5-10-11/h2,4,10H,1,3,5H2,(H2,9,12). The summed E-state index contributed by atoms with van der Waals surface area (Å²) in [7, 11) is 0. The summed E-state index contributed by atoms with van der Waals surface area (Å²) in [6, 6.07) is -0.438. The van der Waals surface area contributed by atoms with Crippen molar-refractivity contribution in [3.8, 4) is 0 Å². The van der Waals surface area contributed by atoms with Crippen LogP contribution < -0.4 is 11.2 Å². The van der Waals surface area contributed by atoms with Gasteiger partial charge in [0.1, 0.15) is 0 Å². The van der Waals surface area contributed by atoms with E-state index in [9.17, 15) is 4.79 Å². The second kappa shape index (κ2) is 2.64. The Balaban J connectivity index is 2.28. The molecule has 0 aromatic rings. The highest BCUT2D eigenvalue weighted by Crippen LogP contribution is 2.24. The largest absolute Gasteiger partial charge is 0.350 e. The number of primary amides is 1. The first kappa shape index (κ1) is 7.36. The highest BCUT2D eigenvalue weighted by atomic mass is 16.2. The number of allylic oxidation sites excluding steroid dienone is 2. The fourth-order valence-corrected chi connectivity index (χ4v) is 1.57. The van der Waals surface area contributed by atoms with Crippen LogP contribution in [0.2, 0.25) is 0 Å². The van der Waals surface area contributed by atoms with Crippen LogP contribution in [0.1, 0.15) is 12.8 Å². The highest BCUT2D eigenvalue weighted by Gasteiger charge is 2.24. The summed E-state index contributed by atoms with van der Waals surface area (Å²) in [5.74, 6) is 0. The summed E-state index contributed by atoms with van der Waals surface area (Å²) in [6.07, 6.45) is 6.10. The zero-order valence-corrected chi connectivity index (χ0v) is 6.71. The molecule has 0 bridgehead atoms. The maximum Gasteiger partial charge on any atom is 0.333 e. The molecule has 0 aromatic heterocycles. The molecule has 0 aromatic carbocycles. The first-order chi connectivity index (χ1) is 5.79. The van der Waals surface area contributed by atoms with Crippen molar-refractivity contribution >= 4 is 6.03 Å². The molecular formula is C8H11N3O. The number of hydrogen-bond donors (Lipinski definition) is 2.